The number of rotatable bonds is 5. The van der Waals surface area contributed by atoms with Crippen molar-refractivity contribution in [1.29, 1.82) is 0 Å². The molecule has 1 rings (SSSR count). The quantitative estimate of drug-likeness (QED) is 0.869. The molecule has 0 aliphatic heterocycles. The minimum atomic E-state index is 0.434. The fourth-order valence-electron chi connectivity index (χ4n) is 1.32. The van der Waals surface area contributed by atoms with Crippen molar-refractivity contribution in [2.75, 3.05) is 6.61 Å². The molecule has 90 valence electrons. The Balaban J connectivity index is 2.82. The predicted molar refractivity (Wildman–Crippen MR) is 69.6 cm³/mol. The Morgan fingerprint density at radius 2 is 1.81 bits per heavy atom. The maximum atomic E-state index is 6.09. The molecule has 1 aromatic carbocycles. The van der Waals surface area contributed by atoms with Gasteiger partial charge in [0.2, 0.25) is 0 Å². The Labute approximate surface area is 107 Å². The molecule has 1 aromatic rings. The number of ether oxygens (including phenoxy) is 1. The van der Waals surface area contributed by atoms with Gasteiger partial charge in [0, 0.05) is 12.6 Å². The first-order chi connectivity index (χ1) is 7.54. The Bertz CT molecular complexity index is 330. The third kappa shape index (κ3) is 3.85. The molecule has 0 radical (unpaired) electrons. The van der Waals surface area contributed by atoms with Gasteiger partial charge in [-0.1, -0.05) is 37.0 Å². The lowest BCUT2D eigenvalue weighted by Gasteiger charge is -2.12. The van der Waals surface area contributed by atoms with Gasteiger partial charge in [0.15, 0.2) is 5.75 Å². The molecule has 1 N–H and O–H groups in total. The molecule has 0 aliphatic rings. The van der Waals surface area contributed by atoms with E-state index < -0.39 is 0 Å². The van der Waals surface area contributed by atoms with Crippen molar-refractivity contribution in [1.82, 2.24) is 5.32 Å². The Morgan fingerprint density at radius 3 is 2.25 bits per heavy atom. The second kappa shape index (κ2) is 6.33. The monoisotopic (exact) mass is 261 g/mol. The Morgan fingerprint density at radius 1 is 1.25 bits per heavy atom. The summed E-state index contributed by atoms with van der Waals surface area (Å²) in [5, 5.41) is 4.44. The lowest BCUT2D eigenvalue weighted by Crippen LogP contribution is -2.21. The lowest BCUT2D eigenvalue weighted by atomic mass is 10.2. The van der Waals surface area contributed by atoms with Gasteiger partial charge in [-0.15, -0.1) is 0 Å². The van der Waals surface area contributed by atoms with E-state index in [1.54, 1.807) is 0 Å². The van der Waals surface area contributed by atoms with Crippen LogP contribution in [0, 0.1) is 0 Å². The van der Waals surface area contributed by atoms with E-state index in [9.17, 15) is 0 Å². The Kier molecular flexibility index (Phi) is 5.39. The molecule has 0 saturated heterocycles. The van der Waals surface area contributed by atoms with Crippen LogP contribution in [0.3, 0.4) is 0 Å². The first kappa shape index (κ1) is 13.6. The fraction of sp³-hybridized carbons (Fsp3) is 0.500. The highest BCUT2D eigenvalue weighted by Crippen LogP contribution is 2.34. The van der Waals surface area contributed by atoms with Gasteiger partial charge in [0.1, 0.15) is 0 Å². The van der Waals surface area contributed by atoms with E-state index in [0.29, 0.717) is 28.4 Å². The minimum absolute atomic E-state index is 0.434. The maximum Gasteiger partial charge on any atom is 0.156 e. The summed E-state index contributed by atoms with van der Waals surface area (Å²) < 4.78 is 5.36. The summed E-state index contributed by atoms with van der Waals surface area (Å²) in [6.45, 7) is 7.41. The molecule has 0 aromatic heterocycles. The summed E-state index contributed by atoms with van der Waals surface area (Å²) in [6.07, 6.45) is 0. The summed E-state index contributed by atoms with van der Waals surface area (Å²) in [4.78, 5) is 0. The largest absolute Gasteiger partial charge is 0.491 e. The van der Waals surface area contributed by atoms with Crippen molar-refractivity contribution < 1.29 is 4.74 Å². The van der Waals surface area contributed by atoms with Gasteiger partial charge in [-0.25, -0.2) is 0 Å². The zero-order valence-electron chi connectivity index (χ0n) is 9.81. The molecule has 0 saturated carbocycles. The van der Waals surface area contributed by atoms with Gasteiger partial charge in [-0.05, 0) is 24.6 Å². The number of benzene rings is 1. The number of nitrogens with one attached hydrogen (secondary N) is 1. The highest BCUT2D eigenvalue weighted by Gasteiger charge is 2.09. The molecule has 16 heavy (non-hydrogen) atoms. The summed E-state index contributed by atoms with van der Waals surface area (Å²) in [5.74, 6) is 0.569. The molecular formula is C12H17Cl2NO. The van der Waals surface area contributed by atoms with Gasteiger partial charge in [0.25, 0.3) is 0 Å². The van der Waals surface area contributed by atoms with Gasteiger partial charge < -0.3 is 10.1 Å². The molecule has 4 heteroatoms. The SMILES string of the molecule is CCOc1c(Cl)cc(CNC(C)C)cc1Cl. The minimum Gasteiger partial charge on any atom is -0.491 e. The summed E-state index contributed by atoms with van der Waals surface area (Å²) >= 11 is 12.2. The van der Waals surface area contributed by atoms with Crippen LogP contribution in [0.2, 0.25) is 10.0 Å². The van der Waals surface area contributed by atoms with Crippen LogP contribution in [0.5, 0.6) is 5.75 Å². The first-order valence-electron chi connectivity index (χ1n) is 5.38. The summed E-state index contributed by atoms with van der Waals surface area (Å²) in [6, 6.07) is 4.20. The Hall–Kier alpha value is -0.440. The number of halogens is 2. The zero-order valence-corrected chi connectivity index (χ0v) is 11.3. The van der Waals surface area contributed by atoms with E-state index in [4.69, 9.17) is 27.9 Å². The van der Waals surface area contributed by atoms with Crippen LogP contribution in [-0.2, 0) is 6.54 Å². The van der Waals surface area contributed by atoms with Crippen LogP contribution in [-0.4, -0.2) is 12.6 Å². The van der Waals surface area contributed by atoms with Crippen LogP contribution in [0.4, 0.5) is 0 Å². The molecule has 0 fully saturated rings. The lowest BCUT2D eigenvalue weighted by molar-refractivity contribution is 0.340. The fourth-order valence-corrected chi connectivity index (χ4v) is 1.96. The third-order valence-corrected chi connectivity index (χ3v) is 2.62. The molecule has 0 atom stereocenters. The molecule has 0 aliphatic carbocycles. The van der Waals surface area contributed by atoms with Crippen LogP contribution in [0.25, 0.3) is 0 Å². The molecule has 0 amide bonds. The zero-order chi connectivity index (χ0) is 12.1. The normalized spacial score (nSPS) is 10.9. The van der Waals surface area contributed by atoms with E-state index in [1.807, 2.05) is 19.1 Å². The van der Waals surface area contributed by atoms with Gasteiger partial charge in [-0.3, -0.25) is 0 Å². The van der Waals surface area contributed by atoms with Gasteiger partial charge in [0.05, 0.1) is 16.7 Å². The van der Waals surface area contributed by atoms with Crippen LogP contribution < -0.4 is 10.1 Å². The number of hydrogen-bond acceptors (Lipinski definition) is 2. The van der Waals surface area contributed by atoms with Gasteiger partial charge >= 0.3 is 0 Å². The van der Waals surface area contributed by atoms with Crippen molar-refractivity contribution in [2.45, 2.75) is 33.4 Å². The van der Waals surface area contributed by atoms with Crippen molar-refractivity contribution in [3.8, 4) is 5.75 Å². The smallest absolute Gasteiger partial charge is 0.156 e. The van der Waals surface area contributed by atoms with Crippen LogP contribution >= 0.6 is 23.2 Å². The third-order valence-electron chi connectivity index (χ3n) is 2.06. The molecular weight excluding hydrogens is 245 g/mol. The summed E-state index contributed by atoms with van der Waals surface area (Å²) in [7, 11) is 0. The van der Waals surface area contributed by atoms with Crippen LogP contribution in [0.1, 0.15) is 26.3 Å². The van der Waals surface area contributed by atoms with Crippen molar-refractivity contribution in [3.63, 3.8) is 0 Å². The molecule has 2 nitrogen and oxygen atoms in total. The van der Waals surface area contributed by atoms with Crippen LogP contribution in [0.15, 0.2) is 12.1 Å². The first-order valence-corrected chi connectivity index (χ1v) is 6.14. The van der Waals surface area contributed by atoms with E-state index in [0.717, 1.165) is 12.1 Å². The van der Waals surface area contributed by atoms with E-state index in [1.165, 1.54) is 0 Å². The van der Waals surface area contributed by atoms with E-state index in [-0.39, 0.29) is 0 Å². The van der Waals surface area contributed by atoms with Crippen molar-refractivity contribution in [2.24, 2.45) is 0 Å². The standard InChI is InChI=1S/C12H17Cl2NO/c1-4-16-12-10(13)5-9(6-11(12)14)7-15-8(2)3/h5-6,8,15H,4,7H2,1-3H3. The molecule has 0 spiro atoms. The topological polar surface area (TPSA) is 21.3 Å². The van der Waals surface area contributed by atoms with Gasteiger partial charge in [-0.2, -0.15) is 0 Å². The second-order valence-corrected chi connectivity index (χ2v) is 4.67. The average molecular weight is 262 g/mol. The average Bonchev–Trinajstić information content (AvgIpc) is 2.20. The predicted octanol–water partition coefficient (Wildman–Crippen LogP) is 3.89. The van der Waals surface area contributed by atoms with E-state index in [2.05, 4.69) is 19.2 Å². The second-order valence-electron chi connectivity index (χ2n) is 3.86. The number of hydrogen-bond donors (Lipinski definition) is 1. The van der Waals surface area contributed by atoms with Crippen molar-refractivity contribution >= 4 is 23.2 Å². The van der Waals surface area contributed by atoms with Crippen molar-refractivity contribution in [3.05, 3.63) is 27.7 Å². The highest BCUT2D eigenvalue weighted by molar-refractivity contribution is 6.37. The molecule has 0 heterocycles. The molecule has 0 unspecified atom stereocenters. The maximum absolute atomic E-state index is 6.09. The highest BCUT2D eigenvalue weighted by atomic mass is 35.5. The molecule has 0 bridgehead atoms. The van der Waals surface area contributed by atoms with E-state index >= 15 is 0 Å². The summed E-state index contributed by atoms with van der Waals surface area (Å²) in [5.41, 5.74) is 1.06.